The molecule has 0 radical (unpaired) electrons. The van der Waals surface area contributed by atoms with Gasteiger partial charge in [0.15, 0.2) is 0 Å². The first-order chi connectivity index (χ1) is 8.54. The summed E-state index contributed by atoms with van der Waals surface area (Å²) in [5.41, 5.74) is 0.946. The van der Waals surface area contributed by atoms with Gasteiger partial charge in [-0.2, -0.15) is 0 Å². The van der Waals surface area contributed by atoms with Gasteiger partial charge in [-0.1, -0.05) is 19.1 Å². The van der Waals surface area contributed by atoms with Crippen LogP contribution in [0.3, 0.4) is 0 Å². The molecule has 18 heavy (non-hydrogen) atoms. The van der Waals surface area contributed by atoms with Gasteiger partial charge < -0.3 is 9.88 Å². The van der Waals surface area contributed by atoms with Gasteiger partial charge in [0, 0.05) is 18.5 Å². The predicted octanol–water partition coefficient (Wildman–Crippen LogP) is 2.85. The number of para-hydroxylation sites is 1. The number of hydrogen-bond acceptors (Lipinski definition) is 1. The summed E-state index contributed by atoms with van der Waals surface area (Å²) < 4.78 is 15.3. The van der Waals surface area contributed by atoms with Crippen LogP contribution in [0.5, 0.6) is 0 Å². The van der Waals surface area contributed by atoms with E-state index in [1.165, 1.54) is 6.07 Å². The zero-order chi connectivity index (χ0) is 13.3. The number of aryl methyl sites for hydroxylation is 1. The fourth-order valence-corrected chi connectivity index (χ4v) is 1.98. The summed E-state index contributed by atoms with van der Waals surface area (Å²) in [4.78, 5) is 12.1. The lowest BCUT2D eigenvalue weighted by Gasteiger charge is -2.11. The summed E-state index contributed by atoms with van der Waals surface area (Å²) in [6, 6.07) is 6.68. The van der Waals surface area contributed by atoms with Gasteiger partial charge in [-0.15, -0.1) is 0 Å². The molecular formula is C14H17FN2O. The van der Waals surface area contributed by atoms with Crippen molar-refractivity contribution in [3.05, 3.63) is 35.8 Å². The van der Waals surface area contributed by atoms with Crippen molar-refractivity contribution in [2.75, 3.05) is 0 Å². The topological polar surface area (TPSA) is 34.0 Å². The van der Waals surface area contributed by atoms with E-state index in [1.54, 1.807) is 29.8 Å². The van der Waals surface area contributed by atoms with Crippen molar-refractivity contribution in [1.29, 1.82) is 0 Å². The molecule has 0 aliphatic rings. The van der Waals surface area contributed by atoms with Gasteiger partial charge >= 0.3 is 0 Å². The molecular weight excluding hydrogens is 231 g/mol. The first-order valence-electron chi connectivity index (χ1n) is 6.09. The zero-order valence-electron chi connectivity index (χ0n) is 10.8. The van der Waals surface area contributed by atoms with E-state index in [9.17, 15) is 9.18 Å². The maximum absolute atomic E-state index is 13.7. The van der Waals surface area contributed by atoms with Gasteiger partial charge in [0.1, 0.15) is 11.5 Å². The minimum absolute atomic E-state index is 0.111. The van der Waals surface area contributed by atoms with E-state index in [4.69, 9.17) is 0 Å². The maximum Gasteiger partial charge on any atom is 0.268 e. The van der Waals surface area contributed by atoms with Crippen molar-refractivity contribution in [3.8, 4) is 0 Å². The fourth-order valence-electron chi connectivity index (χ4n) is 1.98. The van der Waals surface area contributed by atoms with Crippen molar-refractivity contribution in [3.63, 3.8) is 0 Å². The molecule has 96 valence electrons. The van der Waals surface area contributed by atoms with Gasteiger partial charge in [-0.3, -0.25) is 4.79 Å². The van der Waals surface area contributed by atoms with Crippen LogP contribution in [0.15, 0.2) is 24.3 Å². The Kier molecular flexibility index (Phi) is 3.36. The van der Waals surface area contributed by atoms with Crippen LogP contribution in [0.4, 0.5) is 4.39 Å². The molecule has 1 aromatic carbocycles. The summed E-state index contributed by atoms with van der Waals surface area (Å²) in [5.74, 6) is -0.472. The highest BCUT2D eigenvalue weighted by atomic mass is 19.1. The van der Waals surface area contributed by atoms with Crippen molar-refractivity contribution in [2.24, 2.45) is 7.05 Å². The second-order valence-corrected chi connectivity index (χ2v) is 4.55. The lowest BCUT2D eigenvalue weighted by Crippen LogP contribution is -2.33. The number of carbonyl (C=O) groups excluding carboxylic acids is 1. The number of nitrogens with one attached hydrogen (secondary N) is 1. The third-order valence-electron chi connectivity index (χ3n) is 3.23. The van der Waals surface area contributed by atoms with E-state index in [1.807, 2.05) is 13.8 Å². The SMILES string of the molecule is CCC(C)NC(=O)c1cc2cccc(F)c2n1C. The van der Waals surface area contributed by atoms with Gasteiger partial charge in [0.25, 0.3) is 5.91 Å². The van der Waals surface area contributed by atoms with Crippen molar-refractivity contribution in [2.45, 2.75) is 26.3 Å². The first-order valence-corrected chi connectivity index (χ1v) is 6.09. The Balaban J connectivity index is 2.43. The molecule has 3 nitrogen and oxygen atoms in total. The Morgan fingerprint density at radius 2 is 2.22 bits per heavy atom. The predicted molar refractivity (Wildman–Crippen MR) is 70.1 cm³/mol. The van der Waals surface area contributed by atoms with E-state index >= 15 is 0 Å². The molecule has 0 bridgehead atoms. The normalized spacial score (nSPS) is 12.7. The van der Waals surface area contributed by atoms with Crippen LogP contribution in [-0.2, 0) is 7.05 Å². The Hall–Kier alpha value is -1.84. The molecule has 0 spiro atoms. The third-order valence-corrected chi connectivity index (χ3v) is 3.23. The molecule has 0 saturated carbocycles. The summed E-state index contributed by atoms with van der Waals surface area (Å²) in [5, 5.41) is 3.63. The number of benzene rings is 1. The largest absolute Gasteiger partial charge is 0.348 e. The van der Waals surface area contributed by atoms with Gasteiger partial charge in [0.2, 0.25) is 0 Å². The molecule has 4 heteroatoms. The lowest BCUT2D eigenvalue weighted by atomic mass is 10.2. The number of fused-ring (bicyclic) bond motifs is 1. The number of amides is 1. The average molecular weight is 248 g/mol. The lowest BCUT2D eigenvalue weighted by molar-refractivity contribution is 0.0931. The number of aromatic nitrogens is 1. The second kappa shape index (κ2) is 4.80. The van der Waals surface area contributed by atoms with Crippen molar-refractivity contribution in [1.82, 2.24) is 9.88 Å². The number of carbonyl (C=O) groups is 1. The fraction of sp³-hybridized carbons (Fsp3) is 0.357. The molecule has 1 N–H and O–H groups in total. The Morgan fingerprint density at radius 3 is 2.83 bits per heavy atom. The Labute approximate surface area is 106 Å². The van der Waals surface area contributed by atoms with Gasteiger partial charge in [-0.05, 0) is 25.5 Å². The molecule has 1 unspecified atom stereocenters. The summed E-state index contributed by atoms with van der Waals surface area (Å²) in [6.45, 7) is 3.95. The summed E-state index contributed by atoms with van der Waals surface area (Å²) >= 11 is 0. The Morgan fingerprint density at radius 1 is 1.50 bits per heavy atom. The van der Waals surface area contributed by atoms with E-state index < -0.39 is 0 Å². The standard InChI is InChI=1S/C14H17FN2O/c1-4-9(2)16-14(18)12-8-10-6-5-7-11(15)13(10)17(12)3/h5-9H,4H2,1-3H3,(H,16,18). The van der Waals surface area contributed by atoms with Crippen LogP contribution in [0.1, 0.15) is 30.8 Å². The highest BCUT2D eigenvalue weighted by Crippen LogP contribution is 2.21. The second-order valence-electron chi connectivity index (χ2n) is 4.55. The molecule has 2 aromatic rings. The zero-order valence-corrected chi connectivity index (χ0v) is 10.8. The molecule has 1 atom stereocenters. The third kappa shape index (κ3) is 2.10. The van der Waals surface area contributed by atoms with Crippen LogP contribution in [-0.4, -0.2) is 16.5 Å². The molecule has 2 rings (SSSR count). The molecule has 1 amide bonds. The van der Waals surface area contributed by atoms with Gasteiger partial charge in [-0.25, -0.2) is 4.39 Å². The van der Waals surface area contributed by atoms with Gasteiger partial charge in [0.05, 0.1) is 5.52 Å². The van der Waals surface area contributed by atoms with E-state index in [2.05, 4.69) is 5.32 Å². The monoisotopic (exact) mass is 248 g/mol. The molecule has 1 aromatic heterocycles. The number of hydrogen-bond donors (Lipinski definition) is 1. The smallest absolute Gasteiger partial charge is 0.268 e. The minimum Gasteiger partial charge on any atom is -0.348 e. The first kappa shape index (κ1) is 12.6. The minimum atomic E-state index is -0.308. The van der Waals surface area contributed by atoms with Crippen LogP contribution in [0.25, 0.3) is 10.9 Å². The van der Waals surface area contributed by atoms with E-state index in [-0.39, 0.29) is 17.8 Å². The van der Waals surface area contributed by atoms with E-state index in [0.29, 0.717) is 11.2 Å². The molecule has 0 aliphatic carbocycles. The van der Waals surface area contributed by atoms with Crippen molar-refractivity contribution >= 4 is 16.8 Å². The molecule has 0 saturated heterocycles. The van der Waals surface area contributed by atoms with Crippen LogP contribution in [0.2, 0.25) is 0 Å². The van der Waals surface area contributed by atoms with Crippen LogP contribution >= 0.6 is 0 Å². The quantitative estimate of drug-likeness (QED) is 0.890. The van der Waals surface area contributed by atoms with Crippen molar-refractivity contribution < 1.29 is 9.18 Å². The Bertz CT molecular complexity index is 589. The number of rotatable bonds is 3. The van der Waals surface area contributed by atoms with Crippen LogP contribution < -0.4 is 5.32 Å². The highest BCUT2D eigenvalue weighted by Gasteiger charge is 2.16. The highest BCUT2D eigenvalue weighted by molar-refractivity contribution is 5.98. The molecule has 1 heterocycles. The maximum atomic E-state index is 13.7. The van der Waals surface area contributed by atoms with E-state index in [0.717, 1.165) is 11.8 Å². The summed E-state index contributed by atoms with van der Waals surface area (Å²) in [6.07, 6.45) is 0.865. The average Bonchev–Trinajstić information content (AvgIpc) is 2.68. The summed E-state index contributed by atoms with van der Waals surface area (Å²) in [7, 11) is 1.71. The molecule has 0 aliphatic heterocycles. The number of halogens is 1. The van der Waals surface area contributed by atoms with Crippen LogP contribution in [0, 0.1) is 5.82 Å². The molecule has 0 fully saturated rings. The number of nitrogens with zero attached hydrogens (tertiary/aromatic N) is 1.